The van der Waals surface area contributed by atoms with Gasteiger partial charge in [0.15, 0.2) is 5.78 Å². The van der Waals surface area contributed by atoms with E-state index in [9.17, 15) is 4.79 Å². The van der Waals surface area contributed by atoms with Crippen LogP contribution in [0.5, 0.6) is 0 Å². The van der Waals surface area contributed by atoms with Crippen LogP contribution in [0.3, 0.4) is 0 Å². The standard InChI is InChI=1S/C13H15N3O/c1-10(2)13(17)11-4-7-16(8-11)9-12-14-5-3-6-15-12/h3-8,10H,9H2,1-2H3. The zero-order chi connectivity index (χ0) is 12.3. The molecule has 0 atom stereocenters. The van der Waals surface area contributed by atoms with Gasteiger partial charge in [0, 0.05) is 36.3 Å². The highest BCUT2D eigenvalue weighted by atomic mass is 16.1. The highest BCUT2D eigenvalue weighted by Gasteiger charge is 2.11. The van der Waals surface area contributed by atoms with Crippen molar-refractivity contribution < 1.29 is 4.79 Å². The summed E-state index contributed by atoms with van der Waals surface area (Å²) >= 11 is 0. The zero-order valence-electron chi connectivity index (χ0n) is 10.00. The molecule has 4 heteroatoms. The van der Waals surface area contributed by atoms with Crippen LogP contribution < -0.4 is 0 Å². The number of aromatic nitrogens is 3. The highest BCUT2D eigenvalue weighted by Crippen LogP contribution is 2.09. The molecule has 0 unspecified atom stereocenters. The SMILES string of the molecule is CC(C)C(=O)c1ccn(Cc2ncccn2)c1. The lowest BCUT2D eigenvalue weighted by molar-refractivity contribution is 0.0939. The van der Waals surface area contributed by atoms with Crippen molar-refractivity contribution >= 4 is 5.78 Å². The fourth-order valence-corrected chi connectivity index (χ4v) is 1.59. The summed E-state index contributed by atoms with van der Waals surface area (Å²) in [5, 5.41) is 0. The molecule has 0 spiro atoms. The van der Waals surface area contributed by atoms with E-state index in [0.29, 0.717) is 6.54 Å². The van der Waals surface area contributed by atoms with Gasteiger partial charge in [0.1, 0.15) is 5.82 Å². The van der Waals surface area contributed by atoms with Gasteiger partial charge >= 0.3 is 0 Å². The summed E-state index contributed by atoms with van der Waals surface area (Å²) in [7, 11) is 0. The molecule has 0 amide bonds. The molecule has 0 saturated heterocycles. The van der Waals surface area contributed by atoms with Gasteiger partial charge in [-0.15, -0.1) is 0 Å². The number of rotatable bonds is 4. The maximum absolute atomic E-state index is 11.8. The van der Waals surface area contributed by atoms with Crippen LogP contribution >= 0.6 is 0 Å². The van der Waals surface area contributed by atoms with Crippen LogP contribution in [-0.2, 0) is 6.54 Å². The van der Waals surface area contributed by atoms with Crippen molar-refractivity contribution in [2.24, 2.45) is 5.92 Å². The summed E-state index contributed by atoms with van der Waals surface area (Å²) < 4.78 is 1.92. The number of nitrogens with zero attached hydrogens (tertiary/aromatic N) is 3. The fraction of sp³-hybridized carbons (Fsp3) is 0.308. The molecule has 0 aliphatic carbocycles. The highest BCUT2D eigenvalue weighted by molar-refractivity contribution is 5.97. The smallest absolute Gasteiger partial charge is 0.166 e. The van der Waals surface area contributed by atoms with Crippen LogP contribution in [0.1, 0.15) is 30.0 Å². The van der Waals surface area contributed by atoms with Gasteiger partial charge in [0.25, 0.3) is 0 Å². The van der Waals surface area contributed by atoms with E-state index in [1.165, 1.54) is 0 Å². The summed E-state index contributed by atoms with van der Waals surface area (Å²) in [5.74, 6) is 0.934. The molecule has 0 aromatic carbocycles. The minimum atomic E-state index is 0.0267. The van der Waals surface area contributed by atoms with Crippen LogP contribution in [0.25, 0.3) is 0 Å². The summed E-state index contributed by atoms with van der Waals surface area (Å²) in [6.07, 6.45) is 7.16. The third-order valence-corrected chi connectivity index (χ3v) is 2.50. The maximum atomic E-state index is 11.8. The van der Waals surface area contributed by atoms with Crippen molar-refractivity contribution in [2.75, 3.05) is 0 Å². The molecule has 0 radical (unpaired) electrons. The van der Waals surface area contributed by atoms with Gasteiger partial charge in [0.2, 0.25) is 0 Å². The second-order valence-corrected chi connectivity index (χ2v) is 4.26. The zero-order valence-corrected chi connectivity index (χ0v) is 10.00. The molecule has 2 aromatic heterocycles. The van der Waals surface area contributed by atoms with E-state index in [4.69, 9.17) is 0 Å². The summed E-state index contributed by atoms with van der Waals surface area (Å²) in [4.78, 5) is 20.1. The Morgan fingerprint density at radius 3 is 2.71 bits per heavy atom. The van der Waals surface area contributed by atoms with E-state index in [1.54, 1.807) is 18.5 Å². The second-order valence-electron chi connectivity index (χ2n) is 4.26. The Morgan fingerprint density at radius 1 is 1.35 bits per heavy atom. The molecule has 4 nitrogen and oxygen atoms in total. The summed E-state index contributed by atoms with van der Waals surface area (Å²) in [6, 6.07) is 3.62. The third-order valence-electron chi connectivity index (χ3n) is 2.50. The Kier molecular flexibility index (Phi) is 3.32. The Morgan fingerprint density at radius 2 is 2.06 bits per heavy atom. The summed E-state index contributed by atoms with van der Waals surface area (Å²) in [5.41, 5.74) is 0.746. The van der Waals surface area contributed by atoms with Crippen molar-refractivity contribution in [1.82, 2.24) is 14.5 Å². The molecule has 0 fully saturated rings. The van der Waals surface area contributed by atoms with Gasteiger partial charge in [-0.2, -0.15) is 0 Å². The first-order valence-corrected chi connectivity index (χ1v) is 5.62. The van der Waals surface area contributed by atoms with Crippen molar-refractivity contribution in [2.45, 2.75) is 20.4 Å². The van der Waals surface area contributed by atoms with Crippen molar-refractivity contribution in [1.29, 1.82) is 0 Å². The first-order valence-electron chi connectivity index (χ1n) is 5.62. The van der Waals surface area contributed by atoms with Crippen molar-refractivity contribution in [3.63, 3.8) is 0 Å². The van der Waals surface area contributed by atoms with Gasteiger partial charge < -0.3 is 4.57 Å². The predicted octanol–water partition coefficient (Wildman–Crippen LogP) is 2.17. The Hall–Kier alpha value is -1.97. The Labute approximate surface area is 100 Å². The molecule has 0 bridgehead atoms. The van der Waals surface area contributed by atoms with Crippen LogP contribution in [0.15, 0.2) is 36.9 Å². The topological polar surface area (TPSA) is 47.8 Å². The van der Waals surface area contributed by atoms with E-state index in [1.807, 2.05) is 36.9 Å². The molecule has 2 rings (SSSR count). The molecular weight excluding hydrogens is 214 g/mol. The average Bonchev–Trinajstić information content (AvgIpc) is 2.77. The van der Waals surface area contributed by atoms with Crippen molar-refractivity contribution in [3.05, 3.63) is 48.3 Å². The minimum Gasteiger partial charge on any atom is -0.346 e. The number of carbonyl (C=O) groups excluding carboxylic acids is 1. The third kappa shape index (κ3) is 2.78. The van der Waals surface area contributed by atoms with E-state index in [2.05, 4.69) is 9.97 Å². The lowest BCUT2D eigenvalue weighted by Crippen LogP contribution is -2.06. The fourth-order valence-electron chi connectivity index (χ4n) is 1.59. The van der Waals surface area contributed by atoms with Gasteiger partial charge in [0.05, 0.1) is 6.54 Å². The van der Waals surface area contributed by atoms with Gasteiger partial charge in [-0.25, -0.2) is 9.97 Å². The van der Waals surface area contributed by atoms with Crippen LogP contribution in [0.4, 0.5) is 0 Å². The van der Waals surface area contributed by atoms with E-state index < -0.39 is 0 Å². The quantitative estimate of drug-likeness (QED) is 0.755. The number of hydrogen-bond acceptors (Lipinski definition) is 3. The lowest BCUT2D eigenvalue weighted by atomic mass is 10.0. The van der Waals surface area contributed by atoms with Gasteiger partial charge in [-0.05, 0) is 12.1 Å². The monoisotopic (exact) mass is 229 g/mol. The largest absolute Gasteiger partial charge is 0.346 e. The van der Waals surface area contributed by atoms with E-state index in [-0.39, 0.29) is 11.7 Å². The first kappa shape index (κ1) is 11.5. The van der Waals surface area contributed by atoms with E-state index in [0.717, 1.165) is 11.4 Å². The summed E-state index contributed by atoms with van der Waals surface area (Å²) in [6.45, 7) is 4.40. The Bertz CT molecular complexity index is 502. The number of carbonyl (C=O) groups is 1. The van der Waals surface area contributed by atoms with Gasteiger partial charge in [-0.3, -0.25) is 4.79 Å². The number of ketones is 1. The number of hydrogen-bond donors (Lipinski definition) is 0. The number of Topliss-reactive ketones (excluding diaryl/α,β-unsaturated/α-hetero) is 1. The molecular formula is C13H15N3O. The van der Waals surface area contributed by atoms with E-state index >= 15 is 0 Å². The van der Waals surface area contributed by atoms with Gasteiger partial charge in [-0.1, -0.05) is 13.8 Å². The normalized spacial score (nSPS) is 10.8. The minimum absolute atomic E-state index is 0.0267. The molecule has 88 valence electrons. The molecule has 2 heterocycles. The molecule has 0 N–H and O–H groups in total. The lowest BCUT2D eigenvalue weighted by Gasteiger charge is -2.02. The molecule has 17 heavy (non-hydrogen) atoms. The molecule has 0 aliphatic rings. The predicted molar refractivity (Wildman–Crippen MR) is 64.7 cm³/mol. The first-order chi connectivity index (χ1) is 8.16. The Balaban J connectivity index is 2.12. The van der Waals surface area contributed by atoms with Crippen LogP contribution in [-0.4, -0.2) is 20.3 Å². The second kappa shape index (κ2) is 4.91. The maximum Gasteiger partial charge on any atom is 0.166 e. The van der Waals surface area contributed by atoms with Crippen LogP contribution in [0, 0.1) is 5.92 Å². The average molecular weight is 229 g/mol. The molecule has 0 saturated carbocycles. The molecule has 2 aromatic rings. The van der Waals surface area contributed by atoms with Crippen LogP contribution in [0.2, 0.25) is 0 Å². The van der Waals surface area contributed by atoms with Crippen molar-refractivity contribution in [3.8, 4) is 0 Å². The molecule has 0 aliphatic heterocycles.